The van der Waals surface area contributed by atoms with Gasteiger partial charge in [0.25, 0.3) is 0 Å². The number of nitrogens with zero attached hydrogens (tertiary/aromatic N) is 1. The number of aryl methyl sites for hydroxylation is 1. The lowest BCUT2D eigenvalue weighted by atomic mass is 10.1. The van der Waals surface area contributed by atoms with E-state index in [2.05, 4.69) is 30.9 Å². The molecule has 4 nitrogen and oxygen atoms in total. The molecule has 1 aromatic heterocycles. The smallest absolute Gasteiger partial charge is 0.357 e. The first kappa shape index (κ1) is 11.9. The molecule has 1 N–H and O–H groups in total. The van der Waals surface area contributed by atoms with Crippen LogP contribution in [-0.4, -0.2) is 23.3 Å². The number of esters is 1. The van der Waals surface area contributed by atoms with Gasteiger partial charge in [0.2, 0.25) is 0 Å². The standard InChI is InChI=1S/C12H11BrN2O2/c1-7-5-3-4-6-8(7)10-9(13)11(15-14-10)12(16)17-2/h3-6H,1-2H3,(H,14,15). The van der Waals surface area contributed by atoms with E-state index in [4.69, 9.17) is 0 Å². The second-order valence-electron chi connectivity index (χ2n) is 3.57. The van der Waals surface area contributed by atoms with Crippen molar-refractivity contribution in [2.75, 3.05) is 7.11 Å². The largest absolute Gasteiger partial charge is 0.464 e. The summed E-state index contributed by atoms with van der Waals surface area (Å²) >= 11 is 3.37. The Labute approximate surface area is 107 Å². The molecule has 2 rings (SSSR count). The van der Waals surface area contributed by atoms with Crippen LogP contribution < -0.4 is 0 Å². The first-order chi connectivity index (χ1) is 8.15. The van der Waals surface area contributed by atoms with Gasteiger partial charge >= 0.3 is 5.97 Å². The van der Waals surface area contributed by atoms with Gasteiger partial charge in [0.15, 0.2) is 5.69 Å². The SMILES string of the molecule is COC(=O)c1[nH]nc(-c2ccccc2C)c1Br. The molecule has 0 spiro atoms. The molecule has 0 amide bonds. The number of aromatic nitrogens is 2. The first-order valence-electron chi connectivity index (χ1n) is 5.03. The van der Waals surface area contributed by atoms with Crippen molar-refractivity contribution in [1.29, 1.82) is 0 Å². The molecule has 0 bridgehead atoms. The second-order valence-corrected chi connectivity index (χ2v) is 4.36. The van der Waals surface area contributed by atoms with Crippen LogP contribution in [0.1, 0.15) is 16.1 Å². The summed E-state index contributed by atoms with van der Waals surface area (Å²) in [6, 6.07) is 7.84. The molecule has 2 aromatic rings. The highest BCUT2D eigenvalue weighted by Crippen LogP contribution is 2.30. The van der Waals surface area contributed by atoms with E-state index >= 15 is 0 Å². The van der Waals surface area contributed by atoms with Crippen LogP contribution in [0.25, 0.3) is 11.3 Å². The summed E-state index contributed by atoms with van der Waals surface area (Å²) in [6.07, 6.45) is 0. The maximum absolute atomic E-state index is 11.4. The molecule has 1 heterocycles. The fourth-order valence-corrected chi connectivity index (χ4v) is 2.14. The summed E-state index contributed by atoms with van der Waals surface area (Å²) in [5.41, 5.74) is 3.11. The van der Waals surface area contributed by atoms with Gasteiger partial charge < -0.3 is 4.74 Å². The van der Waals surface area contributed by atoms with E-state index in [0.29, 0.717) is 15.9 Å². The van der Waals surface area contributed by atoms with Gasteiger partial charge in [-0.05, 0) is 28.4 Å². The van der Waals surface area contributed by atoms with Crippen LogP contribution in [0.4, 0.5) is 0 Å². The average Bonchev–Trinajstić information content (AvgIpc) is 2.71. The second kappa shape index (κ2) is 4.71. The Kier molecular flexibility index (Phi) is 3.28. The third kappa shape index (κ3) is 2.10. The summed E-state index contributed by atoms with van der Waals surface area (Å²) in [6.45, 7) is 1.99. The normalized spacial score (nSPS) is 10.3. The van der Waals surface area contributed by atoms with Crippen molar-refractivity contribution in [2.24, 2.45) is 0 Å². The zero-order valence-electron chi connectivity index (χ0n) is 9.45. The van der Waals surface area contributed by atoms with Crippen LogP contribution >= 0.6 is 15.9 Å². The highest BCUT2D eigenvalue weighted by atomic mass is 79.9. The van der Waals surface area contributed by atoms with Crippen LogP contribution in [0.3, 0.4) is 0 Å². The minimum atomic E-state index is -0.441. The van der Waals surface area contributed by atoms with Gasteiger partial charge in [-0.2, -0.15) is 5.10 Å². The van der Waals surface area contributed by atoms with Crippen molar-refractivity contribution >= 4 is 21.9 Å². The molecule has 0 saturated heterocycles. The summed E-state index contributed by atoms with van der Waals surface area (Å²) in [5, 5.41) is 6.82. The fourth-order valence-electron chi connectivity index (χ4n) is 1.58. The lowest BCUT2D eigenvalue weighted by molar-refractivity contribution is 0.0593. The zero-order valence-corrected chi connectivity index (χ0v) is 11.0. The molecule has 0 saturated carbocycles. The van der Waals surface area contributed by atoms with Crippen molar-refractivity contribution in [2.45, 2.75) is 6.92 Å². The third-order valence-corrected chi connectivity index (χ3v) is 3.27. The maximum Gasteiger partial charge on any atom is 0.357 e. The number of ether oxygens (including phenoxy) is 1. The van der Waals surface area contributed by atoms with E-state index in [9.17, 15) is 4.79 Å². The number of carbonyl (C=O) groups excluding carboxylic acids is 1. The molecule has 0 radical (unpaired) electrons. The van der Waals surface area contributed by atoms with E-state index in [-0.39, 0.29) is 0 Å². The molecule has 0 atom stereocenters. The summed E-state index contributed by atoms with van der Waals surface area (Å²) in [5.74, 6) is -0.441. The highest BCUT2D eigenvalue weighted by Gasteiger charge is 2.19. The Morgan fingerprint density at radius 1 is 1.41 bits per heavy atom. The molecule has 0 aliphatic heterocycles. The molecule has 0 fully saturated rings. The molecule has 0 aliphatic rings. The van der Waals surface area contributed by atoms with Crippen LogP contribution in [0.15, 0.2) is 28.7 Å². The molecule has 88 valence electrons. The zero-order chi connectivity index (χ0) is 12.4. The molecule has 0 aliphatic carbocycles. The van der Waals surface area contributed by atoms with E-state index in [1.165, 1.54) is 7.11 Å². The van der Waals surface area contributed by atoms with Crippen molar-refractivity contribution in [3.63, 3.8) is 0 Å². The predicted molar refractivity (Wildman–Crippen MR) is 67.8 cm³/mol. The van der Waals surface area contributed by atoms with Crippen LogP contribution in [0.5, 0.6) is 0 Å². The van der Waals surface area contributed by atoms with E-state index in [0.717, 1.165) is 11.1 Å². The van der Waals surface area contributed by atoms with Crippen molar-refractivity contribution in [3.05, 3.63) is 40.0 Å². The first-order valence-corrected chi connectivity index (χ1v) is 5.82. The van der Waals surface area contributed by atoms with E-state index < -0.39 is 5.97 Å². The molecule has 17 heavy (non-hydrogen) atoms. The van der Waals surface area contributed by atoms with Crippen LogP contribution in [-0.2, 0) is 4.74 Å². The minimum absolute atomic E-state index is 0.325. The van der Waals surface area contributed by atoms with Crippen LogP contribution in [0, 0.1) is 6.92 Å². The van der Waals surface area contributed by atoms with E-state index in [1.54, 1.807) is 0 Å². The van der Waals surface area contributed by atoms with Gasteiger partial charge in [0.1, 0.15) is 5.69 Å². The fraction of sp³-hybridized carbons (Fsp3) is 0.167. The van der Waals surface area contributed by atoms with Crippen molar-refractivity contribution < 1.29 is 9.53 Å². The molecule has 0 unspecified atom stereocenters. The predicted octanol–water partition coefficient (Wildman–Crippen LogP) is 2.93. The number of hydrogen-bond acceptors (Lipinski definition) is 3. The summed E-state index contributed by atoms with van der Waals surface area (Å²) in [7, 11) is 1.34. The average molecular weight is 295 g/mol. The van der Waals surface area contributed by atoms with Crippen molar-refractivity contribution in [1.82, 2.24) is 10.2 Å². The number of hydrogen-bond donors (Lipinski definition) is 1. The van der Waals surface area contributed by atoms with Gasteiger partial charge in [-0.15, -0.1) is 0 Å². The number of carbonyl (C=O) groups is 1. The number of aromatic amines is 1. The summed E-state index contributed by atoms with van der Waals surface area (Å²) in [4.78, 5) is 11.4. The molecule has 5 heteroatoms. The van der Waals surface area contributed by atoms with Gasteiger partial charge in [-0.3, -0.25) is 5.10 Å². The van der Waals surface area contributed by atoms with Gasteiger partial charge in [0.05, 0.1) is 11.6 Å². The Morgan fingerprint density at radius 3 is 2.76 bits per heavy atom. The Bertz CT molecular complexity index is 563. The lowest BCUT2D eigenvalue weighted by Crippen LogP contribution is -2.02. The molecule has 1 aromatic carbocycles. The molecular weight excluding hydrogens is 284 g/mol. The monoisotopic (exact) mass is 294 g/mol. The Balaban J connectivity index is 2.52. The highest BCUT2D eigenvalue weighted by molar-refractivity contribution is 9.10. The number of methoxy groups -OCH3 is 1. The maximum atomic E-state index is 11.4. The minimum Gasteiger partial charge on any atom is -0.464 e. The Hall–Kier alpha value is -1.62. The number of benzene rings is 1. The third-order valence-electron chi connectivity index (χ3n) is 2.50. The van der Waals surface area contributed by atoms with E-state index in [1.807, 2.05) is 31.2 Å². The summed E-state index contributed by atoms with van der Waals surface area (Å²) < 4.78 is 5.28. The van der Waals surface area contributed by atoms with Crippen LogP contribution in [0.2, 0.25) is 0 Å². The quantitative estimate of drug-likeness (QED) is 0.867. The molecular formula is C12H11BrN2O2. The van der Waals surface area contributed by atoms with Crippen molar-refractivity contribution in [3.8, 4) is 11.3 Å². The number of halogens is 1. The number of H-pyrrole nitrogens is 1. The van der Waals surface area contributed by atoms with Gasteiger partial charge in [0, 0.05) is 5.56 Å². The van der Waals surface area contributed by atoms with Gasteiger partial charge in [-0.25, -0.2) is 4.79 Å². The number of rotatable bonds is 2. The topological polar surface area (TPSA) is 55.0 Å². The van der Waals surface area contributed by atoms with Gasteiger partial charge in [-0.1, -0.05) is 24.3 Å². The Morgan fingerprint density at radius 2 is 2.12 bits per heavy atom. The number of nitrogens with one attached hydrogen (secondary N) is 1. The lowest BCUT2D eigenvalue weighted by Gasteiger charge is -2.02.